The fourth-order valence-electron chi connectivity index (χ4n) is 2.54. The van der Waals surface area contributed by atoms with Gasteiger partial charge in [0.05, 0.1) is 0 Å². The summed E-state index contributed by atoms with van der Waals surface area (Å²) in [6, 6.07) is 9.01. The van der Waals surface area contributed by atoms with Gasteiger partial charge in [0.15, 0.2) is 0 Å². The van der Waals surface area contributed by atoms with Crippen LogP contribution >= 0.6 is 0 Å². The van der Waals surface area contributed by atoms with Gasteiger partial charge in [0.1, 0.15) is 0 Å². The maximum atomic E-state index is 6.15. The number of hydrogen-bond donors (Lipinski definition) is 1. The van der Waals surface area contributed by atoms with E-state index in [-0.39, 0.29) is 0 Å². The number of nitrogens with two attached hydrogens (primary N) is 1. The van der Waals surface area contributed by atoms with Gasteiger partial charge in [-0.1, -0.05) is 38.1 Å². The molecule has 16 heavy (non-hydrogen) atoms. The van der Waals surface area contributed by atoms with E-state index in [0.717, 1.165) is 26.1 Å². The third-order valence-electron chi connectivity index (χ3n) is 3.17. The molecule has 88 valence electrons. The number of nitrogens with zero attached hydrogens (tertiary/aromatic N) is 1. The Kier molecular flexibility index (Phi) is 3.62. The van der Waals surface area contributed by atoms with Crippen molar-refractivity contribution < 1.29 is 0 Å². The van der Waals surface area contributed by atoms with E-state index in [4.69, 9.17) is 5.73 Å². The van der Waals surface area contributed by atoms with Crippen LogP contribution in [0.2, 0.25) is 0 Å². The molecule has 1 unspecified atom stereocenters. The van der Waals surface area contributed by atoms with Crippen LogP contribution in [0.5, 0.6) is 0 Å². The highest BCUT2D eigenvalue weighted by Crippen LogP contribution is 2.22. The molecular weight excluding hydrogens is 196 g/mol. The fourth-order valence-corrected chi connectivity index (χ4v) is 2.54. The molecule has 1 aliphatic rings. The Morgan fingerprint density at radius 1 is 1.19 bits per heavy atom. The first-order chi connectivity index (χ1) is 7.65. The maximum absolute atomic E-state index is 6.15. The van der Waals surface area contributed by atoms with Crippen LogP contribution in [0.15, 0.2) is 24.3 Å². The van der Waals surface area contributed by atoms with Gasteiger partial charge in [-0.3, -0.25) is 4.90 Å². The van der Waals surface area contributed by atoms with Crippen molar-refractivity contribution in [1.29, 1.82) is 0 Å². The highest BCUT2D eigenvalue weighted by Gasteiger charge is 2.20. The minimum atomic E-state index is 0.314. The highest BCUT2D eigenvalue weighted by atomic mass is 15.1. The second-order valence-electron chi connectivity index (χ2n) is 5.33. The van der Waals surface area contributed by atoms with Crippen LogP contribution in [-0.2, 0) is 13.1 Å². The van der Waals surface area contributed by atoms with Crippen LogP contribution in [0.3, 0.4) is 0 Å². The molecular formula is C14H22N2. The quantitative estimate of drug-likeness (QED) is 0.840. The highest BCUT2D eigenvalue weighted by molar-refractivity contribution is 5.30. The summed E-state index contributed by atoms with van der Waals surface area (Å²) >= 11 is 0. The van der Waals surface area contributed by atoms with Crippen LogP contribution < -0.4 is 5.73 Å². The smallest absolute Gasteiger partial charge is 0.0241 e. The zero-order valence-corrected chi connectivity index (χ0v) is 10.3. The van der Waals surface area contributed by atoms with E-state index in [0.29, 0.717) is 12.0 Å². The first kappa shape index (κ1) is 11.6. The van der Waals surface area contributed by atoms with E-state index in [1.54, 1.807) is 0 Å². The molecule has 0 saturated heterocycles. The molecule has 0 saturated carbocycles. The Bertz CT molecular complexity index is 321. The molecule has 1 atom stereocenters. The molecule has 0 radical (unpaired) electrons. The third-order valence-corrected chi connectivity index (χ3v) is 3.17. The largest absolute Gasteiger partial charge is 0.327 e. The van der Waals surface area contributed by atoms with Crippen molar-refractivity contribution in [1.82, 2.24) is 4.90 Å². The van der Waals surface area contributed by atoms with Crippen molar-refractivity contribution >= 4 is 0 Å². The molecule has 0 amide bonds. The molecule has 1 heterocycles. The van der Waals surface area contributed by atoms with E-state index in [2.05, 4.69) is 43.0 Å². The Balaban J connectivity index is 1.87. The standard InChI is InChI=1S/C14H22N2/c1-11(2)7-14(15)10-16-8-12-5-3-4-6-13(12)9-16/h3-6,11,14H,7-10,15H2,1-2H3. The summed E-state index contributed by atoms with van der Waals surface area (Å²) in [4.78, 5) is 2.46. The minimum Gasteiger partial charge on any atom is -0.327 e. The van der Waals surface area contributed by atoms with Gasteiger partial charge >= 0.3 is 0 Å². The number of fused-ring (bicyclic) bond motifs is 1. The third kappa shape index (κ3) is 2.83. The Morgan fingerprint density at radius 2 is 1.75 bits per heavy atom. The van der Waals surface area contributed by atoms with Crippen LogP contribution in [0.4, 0.5) is 0 Å². The molecule has 0 fully saturated rings. The summed E-state index contributed by atoms with van der Waals surface area (Å²) in [7, 11) is 0. The van der Waals surface area contributed by atoms with Crippen molar-refractivity contribution in [3.63, 3.8) is 0 Å². The SMILES string of the molecule is CC(C)CC(N)CN1Cc2ccccc2C1. The summed E-state index contributed by atoms with van der Waals surface area (Å²) < 4.78 is 0. The Morgan fingerprint density at radius 3 is 2.25 bits per heavy atom. The summed E-state index contributed by atoms with van der Waals surface area (Å²) in [5.74, 6) is 0.694. The first-order valence-electron chi connectivity index (χ1n) is 6.20. The van der Waals surface area contributed by atoms with Gasteiger partial charge in [0.25, 0.3) is 0 Å². The topological polar surface area (TPSA) is 29.3 Å². The van der Waals surface area contributed by atoms with E-state index in [9.17, 15) is 0 Å². The molecule has 0 aromatic heterocycles. The van der Waals surface area contributed by atoms with Crippen molar-refractivity contribution in [3.05, 3.63) is 35.4 Å². The van der Waals surface area contributed by atoms with E-state index < -0.39 is 0 Å². The summed E-state index contributed by atoms with van der Waals surface area (Å²) in [5.41, 5.74) is 9.09. The predicted octanol–water partition coefficient (Wildman–Crippen LogP) is 2.38. The van der Waals surface area contributed by atoms with Crippen molar-refractivity contribution in [2.45, 2.75) is 39.4 Å². The second-order valence-corrected chi connectivity index (χ2v) is 5.33. The van der Waals surface area contributed by atoms with Crippen molar-refractivity contribution in [2.75, 3.05) is 6.54 Å². The molecule has 1 aromatic rings. The normalized spacial score (nSPS) is 17.8. The summed E-state index contributed by atoms with van der Waals surface area (Å²) in [6.45, 7) is 7.63. The molecule has 1 aromatic carbocycles. The summed E-state index contributed by atoms with van der Waals surface area (Å²) in [6.07, 6.45) is 1.12. The van der Waals surface area contributed by atoms with Crippen LogP contribution in [0.25, 0.3) is 0 Å². The molecule has 1 aliphatic heterocycles. The number of hydrogen-bond acceptors (Lipinski definition) is 2. The lowest BCUT2D eigenvalue weighted by Gasteiger charge is -2.21. The molecule has 2 heteroatoms. The van der Waals surface area contributed by atoms with Gasteiger partial charge in [0, 0.05) is 25.7 Å². The maximum Gasteiger partial charge on any atom is 0.0241 e. The zero-order valence-electron chi connectivity index (χ0n) is 10.3. The lowest BCUT2D eigenvalue weighted by molar-refractivity contribution is 0.252. The average molecular weight is 218 g/mol. The molecule has 0 aliphatic carbocycles. The van der Waals surface area contributed by atoms with Gasteiger partial charge in [-0.15, -0.1) is 0 Å². The second kappa shape index (κ2) is 4.98. The van der Waals surface area contributed by atoms with E-state index in [1.165, 1.54) is 11.1 Å². The van der Waals surface area contributed by atoms with E-state index in [1.807, 2.05) is 0 Å². The van der Waals surface area contributed by atoms with Gasteiger partial charge in [0.2, 0.25) is 0 Å². The van der Waals surface area contributed by atoms with Crippen LogP contribution in [-0.4, -0.2) is 17.5 Å². The van der Waals surface area contributed by atoms with Gasteiger partial charge in [-0.05, 0) is 23.5 Å². The number of rotatable bonds is 4. The van der Waals surface area contributed by atoms with Gasteiger partial charge in [-0.25, -0.2) is 0 Å². The van der Waals surface area contributed by atoms with Crippen molar-refractivity contribution in [2.24, 2.45) is 11.7 Å². The molecule has 0 bridgehead atoms. The summed E-state index contributed by atoms with van der Waals surface area (Å²) in [5, 5.41) is 0. The minimum absolute atomic E-state index is 0.314. The molecule has 2 N–H and O–H groups in total. The lowest BCUT2D eigenvalue weighted by Crippen LogP contribution is -2.35. The van der Waals surface area contributed by atoms with Gasteiger partial charge in [-0.2, -0.15) is 0 Å². The molecule has 2 nitrogen and oxygen atoms in total. The molecule has 2 rings (SSSR count). The predicted molar refractivity (Wildman–Crippen MR) is 68.0 cm³/mol. The van der Waals surface area contributed by atoms with Crippen LogP contribution in [0, 0.1) is 5.92 Å². The first-order valence-corrected chi connectivity index (χ1v) is 6.20. The lowest BCUT2D eigenvalue weighted by atomic mass is 10.0. The van der Waals surface area contributed by atoms with Gasteiger partial charge < -0.3 is 5.73 Å². The fraction of sp³-hybridized carbons (Fsp3) is 0.571. The Hall–Kier alpha value is -0.860. The zero-order chi connectivity index (χ0) is 11.5. The molecule has 0 spiro atoms. The monoisotopic (exact) mass is 218 g/mol. The van der Waals surface area contributed by atoms with E-state index >= 15 is 0 Å². The average Bonchev–Trinajstić information content (AvgIpc) is 2.57. The van der Waals surface area contributed by atoms with Crippen LogP contribution in [0.1, 0.15) is 31.4 Å². The van der Waals surface area contributed by atoms with Crippen molar-refractivity contribution in [3.8, 4) is 0 Å². The number of benzene rings is 1. The Labute approximate surface area is 98.4 Å².